The van der Waals surface area contributed by atoms with E-state index in [2.05, 4.69) is 0 Å². The SMILES string of the molecule is Cc1ccccc1OS(=O)(=O)c1ccc(Cl)cc1[N+](=O)[O-]. The molecule has 110 valence electrons. The van der Waals surface area contributed by atoms with Crippen LogP contribution in [0.3, 0.4) is 0 Å². The molecule has 0 aliphatic heterocycles. The third kappa shape index (κ3) is 3.32. The lowest BCUT2D eigenvalue weighted by molar-refractivity contribution is -0.387. The summed E-state index contributed by atoms with van der Waals surface area (Å²) in [6.07, 6.45) is 0. The summed E-state index contributed by atoms with van der Waals surface area (Å²) < 4.78 is 29.4. The van der Waals surface area contributed by atoms with Gasteiger partial charge in [0.25, 0.3) is 5.69 Å². The molecule has 0 radical (unpaired) electrons. The Morgan fingerprint density at radius 2 is 1.86 bits per heavy atom. The number of benzene rings is 2. The molecule has 0 heterocycles. The fraction of sp³-hybridized carbons (Fsp3) is 0.0769. The van der Waals surface area contributed by atoms with Crippen molar-refractivity contribution in [3.63, 3.8) is 0 Å². The number of rotatable bonds is 4. The van der Waals surface area contributed by atoms with Crippen molar-refractivity contribution in [1.82, 2.24) is 0 Å². The molecule has 0 saturated carbocycles. The van der Waals surface area contributed by atoms with Gasteiger partial charge in [-0.25, -0.2) is 0 Å². The van der Waals surface area contributed by atoms with Gasteiger partial charge in [0.15, 0.2) is 4.90 Å². The van der Waals surface area contributed by atoms with E-state index in [0.29, 0.717) is 5.56 Å². The topological polar surface area (TPSA) is 86.5 Å². The molecule has 8 heteroatoms. The first-order valence-corrected chi connectivity index (χ1v) is 7.54. The van der Waals surface area contributed by atoms with Crippen molar-refractivity contribution in [3.05, 3.63) is 63.2 Å². The molecule has 2 rings (SSSR count). The van der Waals surface area contributed by atoms with Crippen LogP contribution in [-0.2, 0) is 10.1 Å². The Morgan fingerprint density at radius 1 is 1.19 bits per heavy atom. The predicted molar refractivity (Wildman–Crippen MR) is 77.1 cm³/mol. The Bertz CT molecular complexity index is 804. The fourth-order valence-electron chi connectivity index (χ4n) is 1.66. The van der Waals surface area contributed by atoms with Gasteiger partial charge in [0, 0.05) is 11.1 Å². The van der Waals surface area contributed by atoms with Crippen LogP contribution in [0, 0.1) is 17.0 Å². The lowest BCUT2D eigenvalue weighted by atomic mass is 10.2. The van der Waals surface area contributed by atoms with Crippen LogP contribution in [0.4, 0.5) is 5.69 Å². The molecule has 0 unspecified atom stereocenters. The monoisotopic (exact) mass is 327 g/mol. The smallest absolute Gasteiger partial charge is 0.346 e. The number of aryl methyl sites for hydroxylation is 1. The second kappa shape index (κ2) is 5.71. The zero-order valence-corrected chi connectivity index (χ0v) is 12.4. The molecule has 6 nitrogen and oxygen atoms in total. The van der Waals surface area contributed by atoms with E-state index in [1.54, 1.807) is 25.1 Å². The maximum atomic E-state index is 12.2. The van der Waals surface area contributed by atoms with E-state index < -0.39 is 25.6 Å². The standard InChI is InChI=1S/C13H10ClNO5S/c1-9-4-2-3-5-12(9)20-21(18,19)13-7-6-10(14)8-11(13)15(16)17/h2-8H,1H3. The number of hydrogen-bond acceptors (Lipinski definition) is 5. The van der Waals surface area contributed by atoms with Gasteiger partial charge in [0.2, 0.25) is 0 Å². The van der Waals surface area contributed by atoms with Gasteiger partial charge in [-0.3, -0.25) is 10.1 Å². The number of nitrogens with zero attached hydrogens (tertiary/aromatic N) is 1. The molecule has 0 fully saturated rings. The van der Waals surface area contributed by atoms with E-state index in [1.165, 1.54) is 12.1 Å². The number of nitro benzene ring substituents is 1. The summed E-state index contributed by atoms with van der Waals surface area (Å²) in [5.74, 6) is 0.113. The van der Waals surface area contributed by atoms with Crippen LogP contribution < -0.4 is 4.18 Å². The summed E-state index contributed by atoms with van der Waals surface area (Å²) in [5.41, 5.74) is -0.0335. The van der Waals surface area contributed by atoms with Gasteiger partial charge < -0.3 is 4.18 Å². The lowest BCUT2D eigenvalue weighted by Gasteiger charge is -2.09. The molecule has 0 aliphatic carbocycles. The van der Waals surface area contributed by atoms with Crippen LogP contribution in [0.5, 0.6) is 5.75 Å². The highest BCUT2D eigenvalue weighted by Gasteiger charge is 2.28. The predicted octanol–water partition coefficient (Wildman–Crippen LogP) is 3.32. The van der Waals surface area contributed by atoms with Crippen molar-refractivity contribution in [1.29, 1.82) is 0 Å². The summed E-state index contributed by atoms with van der Waals surface area (Å²) in [7, 11) is -4.33. The highest BCUT2D eigenvalue weighted by molar-refractivity contribution is 7.87. The van der Waals surface area contributed by atoms with Crippen LogP contribution in [0.2, 0.25) is 5.02 Å². The molecule has 0 spiro atoms. The molecule has 21 heavy (non-hydrogen) atoms. The maximum Gasteiger partial charge on any atom is 0.346 e. The summed E-state index contributed by atoms with van der Waals surface area (Å²) in [4.78, 5) is 9.61. The van der Waals surface area contributed by atoms with E-state index in [4.69, 9.17) is 15.8 Å². The molecule has 0 bridgehead atoms. The third-order valence-electron chi connectivity index (χ3n) is 2.68. The van der Waals surface area contributed by atoms with Gasteiger partial charge in [-0.1, -0.05) is 29.8 Å². The fourth-order valence-corrected chi connectivity index (χ4v) is 2.96. The summed E-state index contributed by atoms with van der Waals surface area (Å²) >= 11 is 5.66. The van der Waals surface area contributed by atoms with Gasteiger partial charge in [0.1, 0.15) is 5.75 Å². The number of para-hydroxylation sites is 1. The normalized spacial score (nSPS) is 11.1. The number of nitro groups is 1. The molecule has 0 N–H and O–H groups in total. The highest BCUT2D eigenvalue weighted by atomic mass is 35.5. The molecule has 2 aromatic carbocycles. The van der Waals surface area contributed by atoms with Crippen LogP contribution >= 0.6 is 11.6 Å². The minimum Gasteiger partial charge on any atom is -0.379 e. The van der Waals surface area contributed by atoms with E-state index in [9.17, 15) is 18.5 Å². The first kappa shape index (κ1) is 15.3. The van der Waals surface area contributed by atoms with Crippen molar-refractivity contribution in [2.24, 2.45) is 0 Å². The molecular formula is C13H10ClNO5S. The summed E-state index contributed by atoms with van der Waals surface area (Å²) in [6.45, 7) is 1.67. The van der Waals surface area contributed by atoms with E-state index in [1.807, 2.05) is 0 Å². The van der Waals surface area contributed by atoms with Gasteiger partial charge >= 0.3 is 10.1 Å². The van der Waals surface area contributed by atoms with Gasteiger partial charge in [-0.2, -0.15) is 8.42 Å². The largest absolute Gasteiger partial charge is 0.379 e. The minimum absolute atomic E-state index is 0.0662. The quantitative estimate of drug-likeness (QED) is 0.488. The van der Waals surface area contributed by atoms with Crippen LogP contribution in [0.1, 0.15) is 5.56 Å². The van der Waals surface area contributed by atoms with Crippen molar-refractivity contribution in [2.45, 2.75) is 11.8 Å². The Labute approximate surface area is 126 Å². The van der Waals surface area contributed by atoms with E-state index in [0.717, 1.165) is 12.1 Å². The third-order valence-corrected chi connectivity index (χ3v) is 4.20. The van der Waals surface area contributed by atoms with Gasteiger partial charge in [0.05, 0.1) is 4.92 Å². The zero-order chi connectivity index (χ0) is 15.6. The maximum absolute atomic E-state index is 12.2. The highest BCUT2D eigenvalue weighted by Crippen LogP contribution is 2.30. The average Bonchev–Trinajstić information content (AvgIpc) is 2.40. The summed E-state index contributed by atoms with van der Waals surface area (Å²) in [6, 6.07) is 9.73. The molecule has 0 amide bonds. The molecule has 0 atom stereocenters. The minimum atomic E-state index is -4.33. The Kier molecular flexibility index (Phi) is 4.15. The average molecular weight is 328 g/mol. The first-order valence-electron chi connectivity index (χ1n) is 5.75. The Morgan fingerprint density at radius 3 is 2.48 bits per heavy atom. The van der Waals surface area contributed by atoms with Crippen molar-refractivity contribution in [2.75, 3.05) is 0 Å². The van der Waals surface area contributed by atoms with Crippen LogP contribution in [-0.4, -0.2) is 13.3 Å². The van der Waals surface area contributed by atoms with Crippen molar-refractivity contribution < 1.29 is 17.5 Å². The Balaban J connectivity index is 2.50. The van der Waals surface area contributed by atoms with Gasteiger partial charge in [-0.05, 0) is 30.7 Å². The summed E-state index contributed by atoms with van der Waals surface area (Å²) in [5, 5.41) is 11.0. The van der Waals surface area contributed by atoms with Crippen molar-refractivity contribution in [3.8, 4) is 5.75 Å². The van der Waals surface area contributed by atoms with Crippen LogP contribution in [0.25, 0.3) is 0 Å². The molecule has 0 aromatic heterocycles. The van der Waals surface area contributed by atoms with Crippen molar-refractivity contribution >= 4 is 27.4 Å². The van der Waals surface area contributed by atoms with E-state index in [-0.39, 0.29) is 10.8 Å². The number of halogens is 1. The zero-order valence-electron chi connectivity index (χ0n) is 10.8. The molecule has 0 saturated heterocycles. The van der Waals surface area contributed by atoms with Gasteiger partial charge in [-0.15, -0.1) is 0 Å². The first-order chi connectivity index (χ1) is 9.81. The van der Waals surface area contributed by atoms with E-state index >= 15 is 0 Å². The molecule has 0 aliphatic rings. The molecular weight excluding hydrogens is 318 g/mol. The van der Waals surface area contributed by atoms with Crippen LogP contribution in [0.15, 0.2) is 47.4 Å². The molecule has 2 aromatic rings. The second-order valence-corrected chi connectivity index (χ2v) is 6.12. The second-order valence-electron chi connectivity index (χ2n) is 4.17. The lowest BCUT2D eigenvalue weighted by Crippen LogP contribution is -2.12. The Hall–Kier alpha value is -2.12. The number of hydrogen-bond donors (Lipinski definition) is 0.